The molecule has 4 rings (SSSR count). The molecule has 0 aliphatic heterocycles. The number of benzene rings is 2. The van der Waals surface area contributed by atoms with Gasteiger partial charge in [-0.25, -0.2) is 9.37 Å². The van der Waals surface area contributed by atoms with Crippen LogP contribution in [0.3, 0.4) is 0 Å². The Kier molecular flexibility index (Phi) is 6.10. The Hall–Kier alpha value is -3.42. The molecule has 0 bridgehead atoms. The zero-order valence-corrected chi connectivity index (χ0v) is 19.1. The molecule has 2 atom stereocenters. The highest BCUT2D eigenvalue weighted by Gasteiger charge is 2.34. The van der Waals surface area contributed by atoms with E-state index in [0.717, 1.165) is 30.5 Å². The summed E-state index contributed by atoms with van der Waals surface area (Å²) < 4.78 is 15.6. The number of nitrogens with one attached hydrogen (secondary N) is 2. The highest BCUT2D eigenvalue weighted by molar-refractivity contribution is 5.99. The van der Waals surface area contributed by atoms with E-state index in [-0.39, 0.29) is 17.3 Å². The second kappa shape index (κ2) is 8.84. The highest BCUT2D eigenvalue weighted by atomic mass is 19.1. The molecule has 8 heteroatoms. The van der Waals surface area contributed by atoms with Gasteiger partial charge in [0.15, 0.2) is 0 Å². The third-order valence-electron chi connectivity index (χ3n) is 6.18. The number of aliphatic carboxylic acids is 1. The number of carbonyl (C=O) groups is 2. The Morgan fingerprint density at radius 3 is 2.58 bits per heavy atom. The molecule has 7 nitrogen and oxygen atoms in total. The summed E-state index contributed by atoms with van der Waals surface area (Å²) in [5, 5.41) is 14.5. The van der Waals surface area contributed by atoms with Crippen LogP contribution in [0.25, 0.3) is 11.0 Å². The topological polar surface area (TPSA) is 96.3 Å². The van der Waals surface area contributed by atoms with Crippen molar-refractivity contribution < 1.29 is 19.1 Å². The van der Waals surface area contributed by atoms with Gasteiger partial charge >= 0.3 is 5.97 Å². The van der Waals surface area contributed by atoms with E-state index in [9.17, 15) is 14.0 Å². The Balaban J connectivity index is 1.75. The van der Waals surface area contributed by atoms with Crippen LogP contribution in [0.5, 0.6) is 0 Å². The van der Waals surface area contributed by atoms with Crippen molar-refractivity contribution >= 4 is 34.5 Å². The summed E-state index contributed by atoms with van der Waals surface area (Å²) in [6.07, 6.45) is 3.15. The van der Waals surface area contributed by atoms with Crippen molar-refractivity contribution in [1.82, 2.24) is 14.9 Å². The van der Waals surface area contributed by atoms with Crippen molar-refractivity contribution in [2.24, 2.45) is 11.3 Å². The molecular formula is C25H29FN4O3. The lowest BCUT2D eigenvalue weighted by atomic mass is 9.70. The number of carboxylic acid groups (broad SMARTS) is 1. The smallest absolute Gasteiger partial charge is 0.322 e. The van der Waals surface area contributed by atoms with E-state index in [4.69, 9.17) is 10.1 Å². The van der Waals surface area contributed by atoms with E-state index >= 15 is 0 Å². The third-order valence-corrected chi connectivity index (χ3v) is 6.18. The number of halogens is 1. The maximum atomic E-state index is 13.4. The van der Waals surface area contributed by atoms with E-state index in [1.165, 1.54) is 12.1 Å². The minimum absolute atomic E-state index is 0.183. The van der Waals surface area contributed by atoms with Gasteiger partial charge in [0, 0.05) is 17.3 Å². The predicted molar refractivity (Wildman–Crippen MR) is 125 cm³/mol. The molecule has 1 fully saturated rings. The van der Waals surface area contributed by atoms with Gasteiger partial charge in [-0.1, -0.05) is 20.8 Å². The average molecular weight is 453 g/mol. The summed E-state index contributed by atoms with van der Waals surface area (Å²) >= 11 is 0. The first-order chi connectivity index (χ1) is 15.6. The van der Waals surface area contributed by atoms with Crippen LogP contribution in [-0.2, 0) is 4.79 Å². The van der Waals surface area contributed by atoms with Crippen molar-refractivity contribution in [3.05, 3.63) is 53.8 Å². The molecule has 3 N–H and O–H groups in total. The Labute approximate surface area is 192 Å². The number of nitrogens with zero attached hydrogens (tertiary/aromatic N) is 2. The SMILES string of the molecule is C[C@@H]1C[C@H](n2c(Nc3ccc(F)cc3)nc3cc(C(=O)NCC(=O)O)ccc32)CC(C)(C)C1. The fourth-order valence-corrected chi connectivity index (χ4v) is 5.11. The summed E-state index contributed by atoms with van der Waals surface area (Å²) in [5.41, 5.74) is 2.78. The number of imidazole rings is 1. The lowest BCUT2D eigenvalue weighted by Crippen LogP contribution is -2.30. The minimum Gasteiger partial charge on any atom is -0.480 e. The van der Waals surface area contributed by atoms with E-state index in [1.54, 1.807) is 24.3 Å². The van der Waals surface area contributed by atoms with Crippen molar-refractivity contribution in [3.8, 4) is 0 Å². The summed E-state index contributed by atoms with van der Waals surface area (Å²) in [6.45, 7) is 6.39. The molecule has 2 aromatic carbocycles. The van der Waals surface area contributed by atoms with Crippen LogP contribution >= 0.6 is 0 Å². The van der Waals surface area contributed by atoms with Crippen LogP contribution in [0.15, 0.2) is 42.5 Å². The molecule has 1 aliphatic carbocycles. The number of rotatable bonds is 6. The van der Waals surface area contributed by atoms with Crippen molar-refractivity contribution in [2.75, 3.05) is 11.9 Å². The van der Waals surface area contributed by atoms with Crippen LogP contribution in [0.1, 0.15) is 56.4 Å². The first-order valence-corrected chi connectivity index (χ1v) is 11.2. The number of carboxylic acids is 1. The maximum Gasteiger partial charge on any atom is 0.322 e. The largest absolute Gasteiger partial charge is 0.480 e. The fourth-order valence-electron chi connectivity index (χ4n) is 5.11. The molecule has 0 radical (unpaired) electrons. The van der Waals surface area contributed by atoms with Crippen LogP contribution in [0.4, 0.5) is 16.0 Å². The van der Waals surface area contributed by atoms with Crippen molar-refractivity contribution in [1.29, 1.82) is 0 Å². The molecule has 1 heterocycles. The van der Waals surface area contributed by atoms with Gasteiger partial charge < -0.3 is 20.3 Å². The fraction of sp³-hybridized carbons (Fsp3) is 0.400. The van der Waals surface area contributed by atoms with Crippen molar-refractivity contribution in [2.45, 2.75) is 46.1 Å². The Morgan fingerprint density at radius 2 is 1.91 bits per heavy atom. The molecule has 3 aromatic rings. The first-order valence-electron chi connectivity index (χ1n) is 11.2. The number of hydrogen-bond acceptors (Lipinski definition) is 4. The molecule has 0 saturated heterocycles. The minimum atomic E-state index is -1.10. The van der Waals surface area contributed by atoms with E-state index in [1.807, 2.05) is 6.07 Å². The molecule has 174 valence electrons. The zero-order valence-electron chi connectivity index (χ0n) is 19.1. The van der Waals surface area contributed by atoms with Gasteiger partial charge in [0.05, 0.1) is 11.0 Å². The van der Waals surface area contributed by atoms with Gasteiger partial charge in [0.1, 0.15) is 12.4 Å². The molecule has 1 saturated carbocycles. The molecule has 0 spiro atoms. The first kappa shape index (κ1) is 22.8. The van der Waals surface area contributed by atoms with Gasteiger partial charge in [-0.15, -0.1) is 0 Å². The van der Waals surface area contributed by atoms with Crippen LogP contribution < -0.4 is 10.6 Å². The third kappa shape index (κ3) is 5.16. The molecule has 1 aromatic heterocycles. The second-order valence-electron chi connectivity index (χ2n) is 9.78. The molecular weight excluding hydrogens is 423 g/mol. The van der Waals surface area contributed by atoms with Gasteiger partial charge in [-0.3, -0.25) is 9.59 Å². The summed E-state index contributed by atoms with van der Waals surface area (Å²) in [5.74, 6) is -0.692. The van der Waals surface area contributed by atoms with Crippen LogP contribution in [0, 0.1) is 17.2 Å². The maximum absolute atomic E-state index is 13.4. The van der Waals surface area contributed by atoms with E-state index in [0.29, 0.717) is 22.9 Å². The quantitative estimate of drug-likeness (QED) is 0.482. The Bertz CT molecular complexity index is 1190. The molecule has 1 aliphatic rings. The van der Waals surface area contributed by atoms with Crippen molar-refractivity contribution in [3.63, 3.8) is 0 Å². The van der Waals surface area contributed by atoms with Gasteiger partial charge in [0.2, 0.25) is 5.95 Å². The zero-order chi connectivity index (χ0) is 23.8. The monoisotopic (exact) mass is 452 g/mol. The number of carbonyl (C=O) groups excluding carboxylic acids is 1. The highest BCUT2D eigenvalue weighted by Crippen LogP contribution is 2.46. The van der Waals surface area contributed by atoms with Gasteiger partial charge in [-0.05, 0) is 73.1 Å². The van der Waals surface area contributed by atoms with Crippen LogP contribution in [0.2, 0.25) is 0 Å². The van der Waals surface area contributed by atoms with Crippen LogP contribution in [-0.4, -0.2) is 33.1 Å². The normalized spacial score (nSPS) is 19.9. The molecule has 1 amide bonds. The summed E-state index contributed by atoms with van der Waals surface area (Å²) in [7, 11) is 0. The number of fused-ring (bicyclic) bond motifs is 1. The lowest BCUT2D eigenvalue weighted by molar-refractivity contribution is -0.135. The number of aromatic nitrogens is 2. The Morgan fingerprint density at radius 1 is 1.18 bits per heavy atom. The standard InChI is InChI=1S/C25H29FN4O3/c1-15-10-19(13-25(2,3)12-15)30-21-9-4-16(23(33)27-14-22(31)32)11-20(21)29-24(30)28-18-7-5-17(26)6-8-18/h4-9,11,15,19H,10,12-14H2,1-3H3,(H,27,33)(H,28,29)(H,31,32)/t15-,19+/m1/s1. The predicted octanol–water partition coefficient (Wildman–Crippen LogP) is 5.12. The molecule has 0 unspecified atom stereocenters. The van der Waals surface area contributed by atoms with E-state index < -0.39 is 18.4 Å². The second-order valence-corrected chi connectivity index (χ2v) is 9.78. The van der Waals surface area contributed by atoms with E-state index in [2.05, 4.69) is 36.0 Å². The van der Waals surface area contributed by atoms with Gasteiger partial charge in [-0.2, -0.15) is 0 Å². The summed E-state index contributed by atoms with van der Waals surface area (Å²) in [4.78, 5) is 27.9. The average Bonchev–Trinajstić information content (AvgIpc) is 3.09. The number of anilines is 2. The number of hydrogen-bond donors (Lipinski definition) is 3. The van der Waals surface area contributed by atoms with Gasteiger partial charge in [0.25, 0.3) is 5.91 Å². The molecule has 33 heavy (non-hydrogen) atoms. The number of amides is 1. The lowest BCUT2D eigenvalue weighted by Gasteiger charge is -2.40. The summed E-state index contributed by atoms with van der Waals surface area (Å²) in [6, 6.07) is 11.6.